The lowest BCUT2D eigenvalue weighted by atomic mass is 10.1. The van der Waals surface area contributed by atoms with Crippen LogP contribution in [0.5, 0.6) is 0 Å². The van der Waals surface area contributed by atoms with Crippen LogP contribution in [0.15, 0.2) is 35.1 Å². The highest BCUT2D eigenvalue weighted by atomic mass is 16.3. The molecule has 2 aromatic rings. The summed E-state index contributed by atoms with van der Waals surface area (Å²) in [5.41, 5.74) is 5.58. The van der Waals surface area contributed by atoms with Crippen molar-refractivity contribution in [3.8, 4) is 0 Å². The monoisotopic (exact) mass is 232 g/mol. The molecule has 17 heavy (non-hydrogen) atoms. The Kier molecular flexibility index (Phi) is 3.59. The zero-order valence-electron chi connectivity index (χ0n) is 9.76. The number of aromatic nitrogens is 2. The van der Waals surface area contributed by atoms with Crippen molar-refractivity contribution in [2.45, 2.75) is 25.8 Å². The van der Waals surface area contributed by atoms with Crippen LogP contribution in [-0.2, 0) is 6.42 Å². The summed E-state index contributed by atoms with van der Waals surface area (Å²) in [7, 11) is 0. The molecule has 1 unspecified atom stereocenters. The third-order valence-electron chi connectivity index (χ3n) is 2.46. The number of nitrogens with zero attached hydrogens (tertiary/aromatic N) is 2. The van der Waals surface area contributed by atoms with Gasteiger partial charge in [0.05, 0.1) is 6.26 Å². The summed E-state index contributed by atoms with van der Waals surface area (Å²) < 4.78 is 5.27. The Balaban J connectivity index is 1.83. The van der Waals surface area contributed by atoms with Crippen molar-refractivity contribution in [3.05, 3.63) is 36.4 Å². The molecule has 2 heterocycles. The summed E-state index contributed by atoms with van der Waals surface area (Å²) in [6, 6.07) is 5.80. The van der Waals surface area contributed by atoms with Gasteiger partial charge in [0.25, 0.3) is 0 Å². The van der Waals surface area contributed by atoms with Gasteiger partial charge in [0, 0.05) is 18.7 Å². The van der Waals surface area contributed by atoms with Crippen LogP contribution in [-0.4, -0.2) is 16.0 Å². The van der Waals surface area contributed by atoms with Crippen LogP contribution < -0.4 is 11.1 Å². The molecule has 0 aliphatic heterocycles. The first-order valence-corrected chi connectivity index (χ1v) is 5.61. The highest BCUT2D eigenvalue weighted by Crippen LogP contribution is 2.09. The molecule has 90 valence electrons. The maximum absolute atomic E-state index is 5.58. The van der Waals surface area contributed by atoms with E-state index in [1.54, 1.807) is 18.5 Å². The van der Waals surface area contributed by atoms with Crippen molar-refractivity contribution in [1.29, 1.82) is 0 Å². The van der Waals surface area contributed by atoms with Crippen LogP contribution in [0.4, 0.5) is 11.8 Å². The fraction of sp³-hybridized carbons (Fsp3) is 0.333. The Bertz CT molecular complexity index is 455. The van der Waals surface area contributed by atoms with Gasteiger partial charge in [-0.2, -0.15) is 4.98 Å². The molecule has 2 aromatic heterocycles. The van der Waals surface area contributed by atoms with Gasteiger partial charge in [-0.1, -0.05) is 0 Å². The van der Waals surface area contributed by atoms with Crippen molar-refractivity contribution < 1.29 is 4.42 Å². The van der Waals surface area contributed by atoms with E-state index >= 15 is 0 Å². The van der Waals surface area contributed by atoms with Crippen molar-refractivity contribution in [2.75, 3.05) is 11.1 Å². The molecule has 0 fully saturated rings. The van der Waals surface area contributed by atoms with Crippen molar-refractivity contribution >= 4 is 11.8 Å². The van der Waals surface area contributed by atoms with Crippen LogP contribution in [0, 0.1) is 0 Å². The molecule has 0 radical (unpaired) electrons. The van der Waals surface area contributed by atoms with Gasteiger partial charge in [-0.3, -0.25) is 0 Å². The lowest BCUT2D eigenvalue weighted by molar-refractivity contribution is 0.494. The van der Waals surface area contributed by atoms with Crippen LogP contribution in [0.25, 0.3) is 0 Å². The molecule has 5 nitrogen and oxygen atoms in total. The summed E-state index contributed by atoms with van der Waals surface area (Å²) in [6.07, 6.45) is 5.17. The smallest absolute Gasteiger partial charge is 0.224 e. The van der Waals surface area contributed by atoms with Crippen LogP contribution in [0.2, 0.25) is 0 Å². The average Bonchev–Trinajstić information content (AvgIpc) is 2.79. The Labute approximate surface area is 100 Å². The number of nitrogens with one attached hydrogen (secondary N) is 1. The van der Waals surface area contributed by atoms with E-state index in [1.165, 1.54) is 0 Å². The third-order valence-corrected chi connectivity index (χ3v) is 2.46. The largest absolute Gasteiger partial charge is 0.469 e. The van der Waals surface area contributed by atoms with E-state index in [2.05, 4.69) is 22.2 Å². The molecular formula is C12H16N4O. The Hall–Kier alpha value is -2.04. The second kappa shape index (κ2) is 5.34. The summed E-state index contributed by atoms with van der Waals surface area (Å²) in [6.45, 7) is 2.08. The van der Waals surface area contributed by atoms with E-state index in [0.29, 0.717) is 11.8 Å². The predicted octanol–water partition coefficient (Wildman–Crippen LogP) is 2.08. The summed E-state index contributed by atoms with van der Waals surface area (Å²) in [5.74, 6) is 2.03. The average molecular weight is 232 g/mol. The molecule has 2 rings (SSSR count). The molecule has 0 saturated heterocycles. The zero-order chi connectivity index (χ0) is 12.1. The summed E-state index contributed by atoms with van der Waals surface area (Å²) in [4.78, 5) is 8.19. The van der Waals surface area contributed by atoms with Crippen LogP contribution >= 0.6 is 0 Å². The highest BCUT2D eigenvalue weighted by molar-refractivity contribution is 5.35. The molecule has 0 saturated carbocycles. The number of nitrogen functional groups attached to an aromatic ring is 1. The van der Waals surface area contributed by atoms with Gasteiger partial charge in [0.2, 0.25) is 5.95 Å². The van der Waals surface area contributed by atoms with E-state index in [-0.39, 0.29) is 6.04 Å². The maximum atomic E-state index is 5.58. The van der Waals surface area contributed by atoms with Crippen molar-refractivity contribution in [2.24, 2.45) is 0 Å². The molecule has 5 heteroatoms. The minimum atomic E-state index is 0.266. The highest BCUT2D eigenvalue weighted by Gasteiger charge is 2.05. The lowest BCUT2D eigenvalue weighted by Gasteiger charge is -2.12. The third kappa shape index (κ3) is 3.48. The van der Waals surface area contributed by atoms with Crippen LogP contribution in [0.3, 0.4) is 0 Å². The van der Waals surface area contributed by atoms with Gasteiger partial charge in [-0.15, -0.1) is 0 Å². The minimum absolute atomic E-state index is 0.266. The summed E-state index contributed by atoms with van der Waals surface area (Å²) in [5, 5.41) is 3.20. The van der Waals surface area contributed by atoms with Crippen LogP contribution in [0.1, 0.15) is 19.1 Å². The molecule has 0 spiro atoms. The molecule has 0 aliphatic rings. The van der Waals surface area contributed by atoms with E-state index in [4.69, 9.17) is 10.2 Å². The van der Waals surface area contributed by atoms with E-state index < -0.39 is 0 Å². The normalized spacial score (nSPS) is 12.3. The molecule has 0 bridgehead atoms. The zero-order valence-corrected chi connectivity index (χ0v) is 9.76. The fourth-order valence-corrected chi connectivity index (χ4v) is 1.55. The van der Waals surface area contributed by atoms with Crippen molar-refractivity contribution in [3.63, 3.8) is 0 Å². The number of rotatable bonds is 5. The Morgan fingerprint density at radius 2 is 2.35 bits per heavy atom. The molecule has 0 amide bonds. The quantitative estimate of drug-likeness (QED) is 0.825. The number of hydrogen-bond acceptors (Lipinski definition) is 5. The number of anilines is 2. The first-order valence-electron chi connectivity index (χ1n) is 5.61. The standard InChI is InChI=1S/C12H16N4O/c1-9(4-5-10-3-2-8-17-10)15-12-14-7-6-11(13)16-12/h2-3,6-9H,4-5H2,1H3,(H3,13,14,15,16). The molecule has 0 aromatic carbocycles. The SMILES string of the molecule is CC(CCc1ccco1)Nc1nccc(N)n1. The van der Waals surface area contributed by atoms with E-state index in [0.717, 1.165) is 18.6 Å². The van der Waals surface area contributed by atoms with Gasteiger partial charge < -0.3 is 15.5 Å². The molecule has 3 N–H and O–H groups in total. The number of aryl methyl sites for hydroxylation is 1. The second-order valence-electron chi connectivity index (χ2n) is 3.97. The number of furan rings is 1. The minimum Gasteiger partial charge on any atom is -0.469 e. The number of nitrogens with two attached hydrogens (primary N) is 1. The Morgan fingerprint density at radius 1 is 1.47 bits per heavy atom. The Morgan fingerprint density at radius 3 is 3.06 bits per heavy atom. The molecule has 0 aliphatic carbocycles. The topological polar surface area (TPSA) is 77.0 Å². The first-order chi connectivity index (χ1) is 8.24. The first kappa shape index (κ1) is 11.4. The lowest BCUT2D eigenvalue weighted by Crippen LogP contribution is -2.18. The van der Waals surface area contributed by atoms with Crippen molar-refractivity contribution in [1.82, 2.24) is 9.97 Å². The van der Waals surface area contributed by atoms with E-state index in [9.17, 15) is 0 Å². The number of hydrogen-bond donors (Lipinski definition) is 2. The van der Waals surface area contributed by atoms with Gasteiger partial charge in [-0.25, -0.2) is 4.98 Å². The fourth-order valence-electron chi connectivity index (χ4n) is 1.55. The van der Waals surface area contributed by atoms with Gasteiger partial charge in [-0.05, 0) is 31.5 Å². The maximum Gasteiger partial charge on any atom is 0.224 e. The predicted molar refractivity (Wildman–Crippen MR) is 66.6 cm³/mol. The van der Waals surface area contributed by atoms with E-state index in [1.807, 2.05) is 12.1 Å². The summed E-state index contributed by atoms with van der Waals surface area (Å²) >= 11 is 0. The van der Waals surface area contributed by atoms with Gasteiger partial charge in [0.1, 0.15) is 11.6 Å². The molecular weight excluding hydrogens is 216 g/mol. The second-order valence-corrected chi connectivity index (χ2v) is 3.97. The van der Waals surface area contributed by atoms with Gasteiger partial charge in [0.15, 0.2) is 0 Å². The molecule has 1 atom stereocenters. The van der Waals surface area contributed by atoms with Gasteiger partial charge >= 0.3 is 0 Å².